The Morgan fingerprint density at radius 2 is 2.25 bits per heavy atom. The van der Waals surface area contributed by atoms with E-state index in [1.54, 1.807) is 4.90 Å². The number of hydrogen-bond acceptors (Lipinski definition) is 4. The fourth-order valence-corrected chi connectivity index (χ4v) is 1.55. The van der Waals surface area contributed by atoms with Crippen molar-refractivity contribution < 1.29 is 10.2 Å². The first-order chi connectivity index (χ1) is 5.65. The van der Waals surface area contributed by atoms with Crippen LogP contribution in [-0.2, 0) is 0 Å². The van der Waals surface area contributed by atoms with Gasteiger partial charge in [-0.2, -0.15) is 0 Å². The van der Waals surface area contributed by atoms with E-state index in [-0.39, 0.29) is 6.61 Å². The standard InChI is InChI=1S/C8H18N2O2/c1-9(2)8(12)10-4-3-7(5-10)6-11/h7-8,11-12H,3-6H2,1-2H3. The first kappa shape index (κ1) is 9.92. The molecule has 0 radical (unpaired) electrons. The third kappa shape index (κ3) is 2.17. The molecule has 1 aliphatic rings. The summed E-state index contributed by atoms with van der Waals surface area (Å²) in [5.41, 5.74) is 0. The van der Waals surface area contributed by atoms with Crippen LogP contribution in [-0.4, -0.2) is 60.2 Å². The molecule has 72 valence electrons. The fraction of sp³-hybridized carbons (Fsp3) is 1.00. The molecule has 4 heteroatoms. The van der Waals surface area contributed by atoms with Gasteiger partial charge in [0.05, 0.1) is 0 Å². The van der Waals surface area contributed by atoms with Gasteiger partial charge in [-0.25, -0.2) is 0 Å². The summed E-state index contributed by atoms with van der Waals surface area (Å²) in [7, 11) is 3.69. The molecule has 0 bridgehead atoms. The lowest BCUT2D eigenvalue weighted by Gasteiger charge is -2.27. The lowest BCUT2D eigenvalue weighted by atomic mass is 10.1. The summed E-state index contributed by atoms with van der Waals surface area (Å²) in [6, 6.07) is 0. The molecular weight excluding hydrogens is 156 g/mol. The van der Waals surface area contributed by atoms with Crippen molar-refractivity contribution in [2.75, 3.05) is 33.8 Å². The molecule has 2 N–H and O–H groups in total. The zero-order valence-corrected chi connectivity index (χ0v) is 7.77. The molecule has 0 aromatic rings. The molecule has 2 unspecified atom stereocenters. The van der Waals surface area contributed by atoms with Gasteiger partial charge in [0.25, 0.3) is 0 Å². The van der Waals surface area contributed by atoms with E-state index in [0.29, 0.717) is 5.92 Å². The quantitative estimate of drug-likeness (QED) is 0.546. The maximum absolute atomic E-state index is 9.61. The number of likely N-dealkylation sites (tertiary alicyclic amines) is 1. The molecule has 0 spiro atoms. The van der Waals surface area contributed by atoms with Crippen molar-refractivity contribution in [1.29, 1.82) is 0 Å². The molecule has 1 rings (SSSR count). The van der Waals surface area contributed by atoms with Crippen LogP contribution in [0.3, 0.4) is 0 Å². The SMILES string of the molecule is CN(C)C(O)N1CCC(CO)C1. The molecule has 12 heavy (non-hydrogen) atoms. The van der Waals surface area contributed by atoms with Gasteiger partial charge in [0, 0.05) is 19.7 Å². The molecular formula is C8H18N2O2. The van der Waals surface area contributed by atoms with E-state index in [1.165, 1.54) is 0 Å². The molecule has 1 saturated heterocycles. The van der Waals surface area contributed by atoms with Gasteiger partial charge in [0.15, 0.2) is 6.35 Å². The van der Waals surface area contributed by atoms with Gasteiger partial charge in [0.2, 0.25) is 0 Å². The van der Waals surface area contributed by atoms with Gasteiger partial charge in [-0.15, -0.1) is 0 Å². The normalized spacial score (nSPS) is 28.2. The Morgan fingerprint density at radius 3 is 2.67 bits per heavy atom. The largest absolute Gasteiger partial charge is 0.396 e. The first-order valence-electron chi connectivity index (χ1n) is 4.34. The number of hydrogen-bond donors (Lipinski definition) is 2. The molecule has 0 saturated carbocycles. The highest BCUT2D eigenvalue weighted by molar-refractivity contribution is 4.75. The van der Waals surface area contributed by atoms with Crippen LogP contribution in [0.4, 0.5) is 0 Å². The number of aliphatic hydroxyl groups is 2. The fourth-order valence-electron chi connectivity index (χ4n) is 1.55. The van der Waals surface area contributed by atoms with Gasteiger partial charge in [-0.1, -0.05) is 0 Å². The average Bonchev–Trinajstić information content (AvgIpc) is 2.50. The Labute approximate surface area is 73.4 Å². The van der Waals surface area contributed by atoms with Gasteiger partial charge in [-0.3, -0.25) is 9.80 Å². The van der Waals surface area contributed by atoms with E-state index < -0.39 is 6.35 Å². The van der Waals surface area contributed by atoms with Crippen LogP contribution in [0.2, 0.25) is 0 Å². The predicted molar refractivity (Wildman–Crippen MR) is 46.5 cm³/mol. The Kier molecular flexibility index (Phi) is 3.46. The van der Waals surface area contributed by atoms with Crippen LogP contribution in [0.1, 0.15) is 6.42 Å². The second-order valence-corrected chi connectivity index (χ2v) is 3.64. The smallest absolute Gasteiger partial charge is 0.165 e. The summed E-state index contributed by atoms with van der Waals surface area (Å²) in [4.78, 5) is 3.74. The van der Waals surface area contributed by atoms with Crippen LogP contribution in [0, 0.1) is 5.92 Å². The van der Waals surface area contributed by atoms with Crippen molar-refractivity contribution in [1.82, 2.24) is 9.80 Å². The second kappa shape index (κ2) is 4.18. The Hall–Kier alpha value is -0.160. The number of nitrogens with zero attached hydrogens (tertiary/aromatic N) is 2. The average molecular weight is 174 g/mol. The van der Waals surface area contributed by atoms with Crippen molar-refractivity contribution in [2.24, 2.45) is 5.92 Å². The van der Waals surface area contributed by atoms with Crippen LogP contribution >= 0.6 is 0 Å². The minimum Gasteiger partial charge on any atom is -0.396 e. The van der Waals surface area contributed by atoms with E-state index in [1.807, 2.05) is 19.0 Å². The molecule has 0 aliphatic carbocycles. The van der Waals surface area contributed by atoms with Crippen LogP contribution < -0.4 is 0 Å². The molecule has 1 aliphatic heterocycles. The maximum Gasteiger partial charge on any atom is 0.165 e. The molecule has 1 fully saturated rings. The molecule has 2 atom stereocenters. The summed E-state index contributed by atoms with van der Waals surface area (Å²) in [5.74, 6) is 0.347. The van der Waals surface area contributed by atoms with Crippen LogP contribution in [0.25, 0.3) is 0 Å². The molecule has 4 nitrogen and oxygen atoms in total. The zero-order chi connectivity index (χ0) is 9.14. The second-order valence-electron chi connectivity index (χ2n) is 3.64. The third-order valence-corrected chi connectivity index (χ3v) is 2.36. The van der Waals surface area contributed by atoms with Crippen molar-refractivity contribution in [3.05, 3.63) is 0 Å². The van der Waals surface area contributed by atoms with E-state index in [0.717, 1.165) is 19.5 Å². The lowest BCUT2D eigenvalue weighted by Crippen LogP contribution is -2.43. The van der Waals surface area contributed by atoms with E-state index in [9.17, 15) is 5.11 Å². The van der Waals surface area contributed by atoms with Crippen molar-refractivity contribution >= 4 is 0 Å². The number of aliphatic hydroxyl groups excluding tert-OH is 2. The molecule has 1 heterocycles. The maximum atomic E-state index is 9.61. The Bertz CT molecular complexity index is 141. The Balaban J connectivity index is 2.35. The van der Waals surface area contributed by atoms with E-state index in [4.69, 9.17) is 5.11 Å². The van der Waals surface area contributed by atoms with Gasteiger partial charge in [-0.05, 0) is 26.4 Å². The van der Waals surface area contributed by atoms with E-state index >= 15 is 0 Å². The highest BCUT2D eigenvalue weighted by atomic mass is 16.3. The molecule has 0 amide bonds. The number of rotatable bonds is 3. The minimum absolute atomic E-state index is 0.233. The third-order valence-electron chi connectivity index (χ3n) is 2.36. The Morgan fingerprint density at radius 1 is 1.58 bits per heavy atom. The zero-order valence-electron chi connectivity index (χ0n) is 7.77. The summed E-state index contributed by atoms with van der Waals surface area (Å²) in [6.45, 7) is 1.91. The predicted octanol–water partition coefficient (Wildman–Crippen LogP) is -0.862. The van der Waals surface area contributed by atoms with Crippen LogP contribution in [0.15, 0.2) is 0 Å². The topological polar surface area (TPSA) is 46.9 Å². The van der Waals surface area contributed by atoms with Gasteiger partial charge >= 0.3 is 0 Å². The van der Waals surface area contributed by atoms with Gasteiger partial charge in [0.1, 0.15) is 0 Å². The monoisotopic (exact) mass is 174 g/mol. The van der Waals surface area contributed by atoms with Crippen molar-refractivity contribution in [2.45, 2.75) is 12.8 Å². The van der Waals surface area contributed by atoms with Crippen molar-refractivity contribution in [3.8, 4) is 0 Å². The summed E-state index contributed by atoms with van der Waals surface area (Å²) < 4.78 is 0. The molecule has 0 aromatic heterocycles. The first-order valence-corrected chi connectivity index (χ1v) is 4.34. The highest BCUT2D eigenvalue weighted by Crippen LogP contribution is 2.17. The molecule has 0 aromatic carbocycles. The summed E-state index contributed by atoms with van der Waals surface area (Å²) >= 11 is 0. The summed E-state index contributed by atoms with van der Waals surface area (Å²) in [5, 5.41) is 18.5. The lowest BCUT2D eigenvalue weighted by molar-refractivity contribution is -0.0813. The summed E-state index contributed by atoms with van der Waals surface area (Å²) in [6.07, 6.45) is 0.489. The highest BCUT2D eigenvalue weighted by Gasteiger charge is 2.27. The minimum atomic E-state index is -0.499. The van der Waals surface area contributed by atoms with E-state index in [2.05, 4.69) is 0 Å². The van der Waals surface area contributed by atoms with Crippen molar-refractivity contribution in [3.63, 3.8) is 0 Å². The van der Waals surface area contributed by atoms with Crippen LogP contribution in [0.5, 0.6) is 0 Å². The van der Waals surface area contributed by atoms with Gasteiger partial charge < -0.3 is 10.2 Å².